The fourth-order valence-electron chi connectivity index (χ4n) is 3.74. The molecule has 0 spiro atoms. The second-order valence-corrected chi connectivity index (χ2v) is 6.63. The van der Waals surface area contributed by atoms with Crippen LogP contribution in [0.1, 0.15) is 57.1 Å². The molecule has 2 unspecified atom stereocenters. The van der Waals surface area contributed by atoms with Crippen LogP contribution < -0.4 is 10.1 Å². The van der Waals surface area contributed by atoms with E-state index in [4.69, 9.17) is 4.74 Å². The molecular weight excluding hydrogens is 246 g/mol. The third kappa shape index (κ3) is 3.35. The Hall–Kier alpha value is -1.02. The smallest absolute Gasteiger partial charge is 0.119 e. The molecule has 0 bridgehead atoms. The zero-order valence-corrected chi connectivity index (χ0v) is 12.8. The fourth-order valence-corrected chi connectivity index (χ4v) is 3.74. The molecule has 2 saturated carbocycles. The summed E-state index contributed by atoms with van der Waals surface area (Å²) in [6.07, 6.45) is 8.59. The number of hydrogen-bond acceptors (Lipinski definition) is 2. The molecule has 0 heterocycles. The summed E-state index contributed by atoms with van der Waals surface area (Å²) in [4.78, 5) is 0. The first kappa shape index (κ1) is 13.9. The van der Waals surface area contributed by atoms with E-state index in [2.05, 4.69) is 30.4 Å². The molecule has 2 fully saturated rings. The van der Waals surface area contributed by atoms with Gasteiger partial charge in [-0.05, 0) is 62.1 Å². The lowest BCUT2D eigenvalue weighted by Gasteiger charge is -2.32. The monoisotopic (exact) mass is 273 g/mol. The van der Waals surface area contributed by atoms with E-state index in [1.165, 1.54) is 44.1 Å². The predicted octanol–water partition coefficient (Wildman–Crippen LogP) is 4.31. The third-order valence-corrected chi connectivity index (χ3v) is 5.08. The molecule has 110 valence electrons. The molecule has 0 aliphatic heterocycles. The number of ether oxygens (including phenoxy) is 1. The molecule has 1 aromatic carbocycles. The highest BCUT2D eigenvalue weighted by molar-refractivity contribution is 5.30. The van der Waals surface area contributed by atoms with Gasteiger partial charge in [0, 0.05) is 12.1 Å². The van der Waals surface area contributed by atoms with E-state index < -0.39 is 0 Å². The summed E-state index contributed by atoms with van der Waals surface area (Å²) in [5, 5.41) is 3.84. The van der Waals surface area contributed by atoms with Gasteiger partial charge in [-0.15, -0.1) is 0 Å². The van der Waals surface area contributed by atoms with Crippen molar-refractivity contribution in [2.75, 3.05) is 7.11 Å². The standard InChI is InChI=1S/C18H27NO/c1-13(15-5-4-8-18(12-15)20-2)19-17-7-3-6-16(11-17)14-9-10-14/h4-5,8,12-14,16-17,19H,3,6-7,9-11H2,1-2H3/t13-,16?,17?/m1/s1. The van der Waals surface area contributed by atoms with Gasteiger partial charge >= 0.3 is 0 Å². The SMILES string of the molecule is COc1cccc([C@@H](C)NC2CCCC(C3CC3)C2)c1. The highest BCUT2D eigenvalue weighted by Crippen LogP contribution is 2.44. The zero-order chi connectivity index (χ0) is 13.9. The maximum absolute atomic E-state index is 5.32. The molecule has 20 heavy (non-hydrogen) atoms. The first-order valence-electron chi connectivity index (χ1n) is 8.16. The Morgan fingerprint density at radius 2 is 2.00 bits per heavy atom. The Bertz CT molecular complexity index is 441. The number of benzene rings is 1. The van der Waals surface area contributed by atoms with E-state index in [1.807, 2.05) is 6.07 Å². The molecule has 3 atom stereocenters. The summed E-state index contributed by atoms with van der Waals surface area (Å²) in [5.74, 6) is 3.01. The fraction of sp³-hybridized carbons (Fsp3) is 0.667. The van der Waals surface area contributed by atoms with E-state index in [0.29, 0.717) is 12.1 Å². The van der Waals surface area contributed by atoms with Crippen molar-refractivity contribution in [3.8, 4) is 5.75 Å². The molecule has 0 saturated heterocycles. The molecule has 2 aliphatic carbocycles. The van der Waals surface area contributed by atoms with Crippen LogP contribution >= 0.6 is 0 Å². The van der Waals surface area contributed by atoms with Crippen LogP contribution in [0, 0.1) is 11.8 Å². The van der Waals surface area contributed by atoms with Crippen molar-refractivity contribution in [3.63, 3.8) is 0 Å². The van der Waals surface area contributed by atoms with E-state index in [1.54, 1.807) is 7.11 Å². The first-order valence-corrected chi connectivity index (χ1v) is 8.16. The summed E-state index contributed by atoms with van der Waals surface area (Å²) in [5.41, 5.74) is 1.33. The van der Waals surface area contributed by atoms with Crippen molar-refractivity contribution in [3.05, 3.63) is 29.8 Å². The average Bonchev–Trinajstić information content (AvgIpc) is 3.32. The molecule has 2 aliphatic rings. The summed E-state index contributed by atoms with van der Waals surface area (Å²) >= 11 is 0. The molecule has 0 amide bonds. The van der Waals surface area contributed by atoms with Crippen LogP contribution in [-0.2, 0) is 0 Å². The summed E-state index contributed by atoms with van der Waals surface area (Å²) in [7, 11) is 1.73. The van der Waals surface area contributed by atoms with Crippen molar-refractivity contribution in [1.29, 1.82) is 0 Å². The molecule has 0 aromatic heterocycles. The van der Waals surface area contributed by atoms with Crippen LogP contribution in [0.3, 0.4) is 0 Å². The van der Waals surface area contributed by atoms with Crippen LogP contribution in [0.25, 0.3) is 0 Å². The van der Waals surface area contributed by atoms with Crippen molar-refractivity contribution in [2.24, 2.45) is 11.8 Å². The van der Waals surface area contributed by atoms with Gasteiger partial charge in [-0.2, -0.15) is 0 Å². The Morgan fingerprint density at radius 1 is 1.15 bits per heavy atom. The van der Waals surface area contributed by atoms with Gasteiger partial charge in [0.2, 0.25) is 0 Å². The van der Waals surface area contributed by atoms with E-state index >= 15 is 0 Å². The predicted molar refractivity (Wildman–Crippen MR) is 83.0 cm³/mol. The molecule has 0 radical (unpaired) electrons. The lowest BCUT2D eigenvalue weighted by atomic mass is 9.82. The molecule has 2 heteroatoms. The summed E-state index contributed by atoms with van der Waals surface area (Å²) in [6, 6.07) is 9.56. The second kappa shape index (κ2) is 6.17. The van der Waals surface area contributed by atoms with Gasteiger partial charge in [0.05, 0.1) is 7.11 Å². The number of hydrogen-bond donors (Lipinski definition) is 1. The van der Waals surface area contributed by atoms with Crippen LogP contribution in [0.5, 0.6) is 5.75 Å². The molecule has 3 rings (SSSR count). The normalized spacial score (nSPS) is 28.1. The van der Waals surface area contributed by atoms with Gasteiger partial charge < -0.3 is 10.1 Å². The van der Waals surface area contributed by atoms with Gasteiger partial charge in [-0.25, -0.2) is 0 Å². The minimum atomic E-state index is 0.410. The van der Waals surface area contributed by atoms with E-state index in [-0.39, 0.29) is 0 Å². The summed E-state index contributed by atoms with van der Waals surface area (Å²) < 4.78 is 5.32. The van der Waals surface area contributed by atoms with E-state index in [0.717, 1.165) is 17.6 Å². The lowest BCUT2D eigenvalue weighted by molar-refractivity contribution is 0.249. The largest absolute Gasteiger partial charge is 0.497 e. The van der Waals surface area contributed by atoms with Crippen molar-refractivity contribution in [2.45, 2.75) is 57.5 Å². The average molecular weight is 273 g/mol. The molecule has 2 nitrogen and oxygen atoms in total. The number of rotatable bonds is 5. The molecule has 1 aromatic rings. The highest BCUT2D eigenvalue weighted by atomic mass is 16.5. The lowest BCUT2D eigenvalue weighted by Crippen LogP contribution is -2.36. The Morgan fingerprint density at radius 3 is 2.75 bits per heavy atom. The highest BCUT2D eigenvalue weighted by Gasteiger charge is 2.34. The van der Waals surface area contributed by atoms with Gasteiger partial charge in [0.25, 0.3) is 0 Å². The van der Waals surface area contributed by atoms with Crippen molar-refractivity contribution in [1.82, 2.24) is 5.32 Å². The topological polar surface area (TPSA) is 21.3 Å². The van der Waals surface area contributed by atoms with Gasteiger partial charge in [-0.1, -0.05) is 25.0 Å². The van der Waals surface area contributed by atoms with Crippen LogP contribution in [0.15, 0.2) is 24.3 Å². The Labute approximate surface area is 122 Å². The maximum atomic E-state index is 5.32. The minimum Gasteiger partial charge on any atom is -0.497 e. The van der Waals surface area contributed by atoms with Gasteiger partial charge in [0.15, 0.2) is 0 Å². The molecule has 1 N–H and O–H groups in total. The van der Waals surface area contributed by atoms with Crippen molar-refractivity contribution < 1.29 is 4.74 Å². The summed E-state index contributed by atoms with van der Waals surface area (Å²) in [6.45, 7) is 2.27. The minimum absolute atomic E-state index is 0.410. The van der Waals surface area contributed by atoms with Gasteiger partial charge in [-0.3, -0.25) is 0 Å². The van der Waals surface area contributed by atoms with Crippen LogP contribution in [0.4, 0.5) is 0 Å². The Balaban J connectivity index is 1.58. The first-order chi connectivity index (χ1) is 9.76. The van der Waals surface area contributed by atoms with Crippen LogP contribution in [-0.4, -0.2) is 13.2 Å². The van der Waals surface area contributed by atoms with Crippen molar-refractivity contribution >= 4 is 0 Å². The third-order valence-electron chi connectivity index (χ3n) is 5.08. The van der Waals surface area contributed by atoms with Gasteiger partial charge in [0.1, 0.15) is 5.75 Å². The number of nitrogens with one attached hydrogen (secondary N) is 1. The Kier molecular flexibility index (Phi) is 4.30. The van der Waals surface area contributed by atoms with E-state index in [9.17, 15) is 0 Å². The second-order valence-electron chi connectivity index (χ2n) is 6.63. The number of methoxy groups -OCH3 is 1. The quantitative estimate of drug-likeness (QED) is 0.863. The zero-order valence-electron chi connectivity index (χ0n) is 12.8. The molecular formula is C18H27NO. The maximum Gasteiger partial charge on any atom is 0.119 e. The van der Waals surface area contributed by atoms with Crippen LogP contribution in [0.2, 0.25) is 0 Å².